The standard InChI is InChI=1S/C19H17FN2/c20-15-9-3-6-12-18(15)22-19-13-7-1-4-10-16(13)21-17-11-5-2-8-14(17)19/h1,3-4,6-7,9-10,12H,2,5,8,11H2,(H,21,22). The summed E-state index contributed by atoms with van der Waals surface area (Å²) in [5.74, 6) is -0.229. The van der Waals surface area contributed by atoms with Crippen LogP contribution in [0.5, 0.6) is 0 Å². The van der Waals surface area contributed by atoms with Crippen molar-refractivity contribution >= 4 is 22.3 Å². The number of aromatic nitrogens is 1. The Hall–Kier alpha value is -2.42. The molecule has 0 saturated carbocycles. The van der Waals surface area contributed by atoms with Crippen molar-refractivity contribution in [2.45, 2.75) is 25.7 Å². The quantitative estimate of drug-likeness (QED) is 0.719. The maximum Gasteiger partial charge on any atom is 0.146 e. The van der Waals surface area contributed by atoms with Gasteiger partial charge in [-0.05, 0) is 49.4 Å². The topological polar surface area (TPSA) is 24.9 Å². The summed E-state index contributed by atoms with van der Waals surface area (Å²) in [5.41, 5.74) is 4.91. The smallest absolute Gasteiger partial charge is 0.146 e. The summed E-state index contributed by atoms with van der Waals surface area (Å²) in [4.78, 5) is 4.81. The predicted molar refractivity (Wildman–Crippen MR) is 88.1 cm³/mol. The molecule has 2 nitrogen and oxygen atoms in total. The Bertz CT molecular complexity index is 842. The van der Waals surface area contributed by atoms with Gasteiger partial charge in [-0.2, -0.15) is 0 Å². The van der Waals surface area contributed by atoms with Crippen molar-refractivity contribution in [1.82, 2.24) is 4.98 Å². The molecule has 0 saturated heterocycles. The van der Waals surface area contributed by atoms with E-state index in [2.05, 4.69) is 11.4 Å². The van der Waals surface area contributed by atoms with E-state index in [4.69, 9.17) is 4.98 Å². The zero-order valence-electron chi connectivity index (χ0n) is 12.3. The molecule has 4 rings (SSSR count). The minimum Gasteiger partial charge on any atom is -0.352 e. The summed E-state index contributed by atoms with van der Waals surface area (Å²) in [5, 5.41) is 4.39. The van der Waals surface area contributed by atoms with Crippen LogP contribution in [-0.2, 0) is 12.8 Å². The summed E-state index contributed by atoms with van der Waals surface area (Å²) < 4.78 is 14.0. The minimum absolute atomic E-state index is 0.229. The number of halogens is 1. The largest absolute Gasteiger partial charge is 0.352 e. The molecule has 1 aliphatic rings. The van der Waals surface area contributed by atoms with Crippen molar-refractivity contribution in [2.75, 3.05) is 5.32 Å². The molecular formula is C19H17FN2. The second-order valence-corrected chi connectivity index (χ2v) is 5.74. The normalized spacial score (nSPS) is 13.9. The number of rotatable bonds is 2. The molecule has 0 spiro atoms. The maximum absolute atomic E-state index is 14.0. The highest BCUT2D eigenvalue weighted by molar-refractivity contribution is 5.95. The highest BCUT2D eigenvalue weighted by atomic mass is 19.1. The first-order valence-corrected chi connectivity index (χ1v) is 7.75. The molecule has 0 unspecified atom stereocenters. The van der Waals surface area contributed by atoms with Gasteiger partial charge in [0.15, 0.2) is 0 Å². The van der Waals surface area contributed by atoms with Crippen LogP contribution in [0.3, 0.4) is 0 Å². The van der Waals surface area contributed by atoms with Crippen LogP contribution in [-0.4, -0.2) is 4.98 Å². The van der Waals surface area contributed by atoms with Crippen LogP contribution in [0.15, 0.2) is 48.5 Å². The summed E-state index contributed by atoms with van der Waals surface area (Å²) in [6, 6.07) is 14.9. The van der Waals surface area contributed by atoms with E-state index in [0.29, 0.717) is 5.69 Å². The number of pyridine rings is 1. The molecule has 0 aliphatic heterocycles. The maximum atomic E-state index is 14.0. The summed E-state index contributed by atoms with van der Waals surface area (Å²) in [7, 11) is 0. The van der Waals surface area contributed by atoms with Gasteiger partial charge in [0.1, 0.15) is 5.82 Å². The predicted octanol–water partition coefficient (Wildman–Crippen LogP) is 5.00. The van der Waals surface area contributed by atoms with Crippen molar-refractivity contribution in [2.24, 2.45) is 0 Å². The Morgan fingerprint density at radius 1 is 0.909 bits per heavy atom. The van der Waals surface area contributed by atoms with Gasteiger partial charge in [0.25, 0.3) is 0 Å². The van der Waals surface area contributed by atoms with E-state index in [-0.39, 0.29) is 5.82 Å². The molecule has 0 radical (unpaired) electrons. The highest BCUT2D eigenvalue weighted by Crippen LogP contribution is 2.35. The van der Waals surface area contributed by atoms with Gasteiger partial charge in [-0.3, -0.25) is 4.98 Å². The third-order valence-electron chi connectivity index (χ3n) is 4.30. The average Bonchev–Trinajstić information content (AvgIpc) is 2.56. The van der Waals surface area contributed by atoms with Crippen LogP contribution in [0.4, 0.5) is 15.8 Å². The van der Waals surface area contributed by atoms with Crippen LogP contribution in [0.2, 0.25) is 0 Å². The van der Waals surface area contributed by atoms with E-state index in [1.54, 1.807) is 12.1 Å². The molecule has 3 heteroatoms. The van der Waals surface area contributed by atoms with Crippen molar-refractivity contribution in [3.8, 4) is 0 Å². The lowest BCUT2D eigenvalue weighted by atomic mass is 9.92. The zero-order chi connectivity index (χ0) is 14.9. The fraction of sp³-hybridized carbons (Fsp3) is 0.211. The van der Waals surface area contributed by atoms with Gasteiger partial charge in [-0.25, -0.2) is 4.39 Å². The molecule has 1 heterocycles. The van der Waals surface area contributed by atoms with Crippen LogP contribution in [0, 0.1) is 5.82 Å². The second kappa shape index (κ2) is 5.41. The third kappa shape index (κ3) is 2.23. The van der Waals surface area contributed by atoms with Crippen LogP contribution < -0.4 is 5.32 Å². The van der Waals surface area contributed by atoms with Gasteiger partial charge in [-0.15, -0.1) is 0 Å². The van der Waals surface area contributed by atoms with Crippen molar-refractivity contribution in [3.63, 3.8) is 0 Å². The lowest BCUT2D eigenvalue weighted by molar-refractivity contribution is 0.631. The number of aryl methyl sites for hydroxylation is 1. The Balaban J connectivity index is 1.93. The third-order valence-corrected chi connectivity index (χ3v) is 4.30. The van der Waals surface area contributed by atoms with Crippen LogP contribution in [0.1, 0.15) is 24.1 Å². The number of nitrogens with zero attached hydrogens (tertiary/aromatic N) is 1. The van der Waals surface area contributed by atoms with Gasteiger partial charge in [0.05, 0.1) is 16.9 Å². The summed E-state index contributed by atoms with van der Waals surface area (Å²) >= 11 is 0. The van der Waals surface area contributed by atoms with Crippen molar-refractivity contribution in [1.29, 1.82) is 0 Å². The molecule has 3 aromatic rings. The minimum atomic E-state index is -0.229. The van der Waals surface area contributed by atoms with Gasteiger partial charge in [-0.1, -0.05) is 30.3 Å². The number of hydrogen-bond acceptors (Lipinski definition) is 2. The van der Waals surface area contributed by atoms with E-state index in [9.17, 15) is 4.39 Å². The van der Waals surface area contributed by atoms with Crippen LogP contribution in [0.25, 0.3) is 10.9 Å². The highest BCUT2D eigenvalue weighted by Gasteiger charge is 2.18. The first kappa shape index (κ1) is 13.3. The zero-order valence-corrected chi connectivity index (χ0v) is 12.3. The summed E-state index contributed by atoms with van der Waals surface area (Å²) in [6.45, 7) is 0. The molecule has 1 aromatic heterocycles. The lowest BCUT2D eigenvalue weighted by Gasteiger charge is -2.21. The molecule has 22 heavy (non-hydrogen) atoms. The van der Waals surface area contributed by atoms with Gasteiger partial charge >= 0.3 is 0 Å². The van der Waals surface area contributed by atoms with E-state index in [0.717, 1.165) is 35.1 Å². The number of fused-ring (bicyclic) bond motifs is 2. The van der Waals surface area contributed by atoms with Crippen molar-refractivity contribution in [3.05, 3.63) is 65.6 Å². The second-order valence-electron chi connectivity index (χ2n) is 5.74. The molecular weight excluding hydrogens is 275 g/mol. The molecule has 0 fully saturated rings. The Labute approximate surface area is 129 Å². The molecule has 0 amide bonds. The SMILES string of the molecule is Fc1ccccc1Nc1c2c(nc3ccccc13)CCCC2. The van der Waals surface area contributed by atoms with Gasteiger partial charge < -0.3 is 5.32 Å². The Morgan fingerprint density at radius 2 is 1.68 bits per heavy atom. The van der Waals surface area contributed by atoms with Crippen LogP contribution >= 0.6 is 0 Å². The molecule has 110 valence electrons. The molecule has 2 aromatic carbocycles. The van der Waals surface area contributed by atoms with E-state index >= 15 is 0 Å². The van der Waals surface area contributed by atoms with E-state index < -0.39 is 0 Å². The van der Waals surface area contributed by atoms with E-state index in [1.165, 1.54) is 24.5 Å². The number of nitrogens with one attached hydrogen (secondary N) is 1. The monoisotopic (exact) mass is 292 g/mol. The molecule has 0 bridgehead atoms. The van der Waals surface area contributed by atoms with E-state index in [1.807, 2.05) is 24.3 Å². The fourth-order valence-corrected chi connectivity index (χ4v) is 3.21. The van der Waals surface area contributed by atoms with Crippen molar-refractivity contribution < 1.29 is 4.39 Å². The average molecular weight is 292 g/mol. The lowest BCUT2D eigenvalue weighted by Crippen LogP contribution is -2.10. The summed E-state index contributed by atoms with van der Waals surface area (Å²) in [6.07, 6.45) is 4.35. The fourth-order valence-electron chi connectivity index (χ4n) is 3.21. The first-order valence-electron chi connectivity index (χ1n) is 7.75. The number of anilines is 2. The van der Waals surface area contributed by atoms with Gasteiger partial charge in [0, 0.05) is 11.1 Å². The number of para-hydroxylation sites is 2. The molecule has 1 aliphatic carbocycles. The van der Waals surface area contributed by atoms with Gasteiger partial charge in [0.2, 0.25) is 0 Å². The molecule has 0 atom stereocenters. The molecule has 1 N–H and O–H groups in total. The number of hydrogen-bond donors (Lipinski definition) is 1. The Kier molecular flexibility index (Phi) is 3.26. The number of benzene rings is 2. The first-order chi connectivity index (χ1) is 10.8. The Morgan fingerprint density at radius 3 is 2.59 bits per heavy atom.